The van der Waals surface area contributed by atoms with Gasteiger partial charge in [-0.05, 0) is 66.8 Å². The lowest BCUT2D eigenvalue weighted by Crippen LogP contribution is -2.49. The van der Waals surface area contributed by atoms with Gasteiger partial charge in [-0.3, -0.25) is 4.79 Å². The number of hydrogen-bond acceptors (Lipinski definition) is 2. The van der Waals surface area contributed by atoms with Crippen molar-refractivity contribution in [3.63, 3.8) is 0 Å². The zero-order valence-electron chi connectivity index (χ0n) is 16.9. The van der Waals surface area contributed by atoms with Crippen molar-refractivity contribution in [3.8, 4) is 0 Å². The molecule has 2 atom stereocenters. The van der Waals surface area contributed by atoms with E-state index in [0.29, 0.717) is 11.8 Å². The number of hydrogen-bond donors (Lipinski definition) is 1. The fourth-order valence-corrected chi connectivity index (χ4v) is 6.18. The van der Waals surface area contributed by atoms with Crippen LogP contribution in [-0.4, -0.2) is 37.0 Å². The molecular formula is C25H29ClN2O. The van der Waals surface area contributed by atoms with Gasteiger partial charge in [0.05, 0.1) is 5.92 Å². The van der Waals surface area contributed by atoms with Gasteiger partial charge in [-0.25, -0.2) is 0 Å². The van der Waals surface area contributed by atoms with Crippen LogP contribution in [0, 0.1) is 5.92 Å². The third-order valence-electron chi connectivity index (χ3n) is 7.50. The number of nitrogens with one attached hydrogen (secondary N) is 1. The lowest BCUT2D eigenvalue weighted by Gasteiger charge is -2.42. The van der Waals surface area contributed by atoms with E-state index >= 15 is 0 Å². The van der Waals surface area contributed by atoms with Crippen LogP contribution in [-0.2, 0) is 16.6 Å². The minimum Gasteiger partial charge on any atom is -0.342 e. The van der Waals surface area contributed by atoms with Crippen LogP contribution in [0.2, 0.25) is 5.02 Å². The Labute approximate surface area is 178 Å². The van der Waals surface area contributed by atoms with Crippen molar-refractivity contribution < 1.29 is 4.79 Å². The highest BCUT2D eigenvalue weighted by molar-refractivity contribution is 6.30. The number of nitrogens with zero attached hydrogens (tertiary/aromatic N) is 1. The number of benzene rings is 2. The highest BCUT2D eigenvalue weighted by Crippen LogP contribution is 2.46. The van der Waals surface area contributed by atoms with Crippen molar-refractivity contribution in [1.29, 1.82) is 0 Å². The summed E-state index contributed by atoms with van der Waals surface area (Å²) in [5.41, 5.74) is 4.05. The zero-order valence-corrected chi connectivity index (χ0v) is 17.6. The SMILES string of the molecule is O=C([C@@H]1CNC[C@]12CCCc1cc(Cl)ccc12)N1CCC(c2ccccc2)CC1. The molecule has 0 bridgehead atoms. The number of aryl methyl sites for hydroxylation is 1. The maximum Gasteiger partial charge on any atom is 0.227 e. The zero-order chi connectivity index (χ0) is 19.8. The molecule has 4 heteroatoms. The van der Waals surface area contributed by atoms with Gasteiger partial charge in [0, 0.05) is 36.6 Å². The molecule has 1 N–H and O–H groups in total. The Morgan fingerprint density at radius 2 is 1.90 bits per heavy atom. The van der Waals surface area contributed by atoms with E-state index in [1.165, 1.54) is 16.7 Å². The minimum atomic E-state index is -0.0640. The summed E-state index contributed by atoms with van der Waals surface area (Å²) >= 11 is 6.27. The molecule has 2 aromatic carbocycles. The van der Waals surface area contributed by atoms with Crippen LogP contribution in [0.3, 0.4) is 0 Å². The summed E-state index contributed by atoms with van der Waals surface area (Å²) in [5, 5.41) is 4.37. The van der Waals surface area contributed by atoms with Crippen molar-refractivity contribution in [3.05, 3.63) is 70.2 Å². The van der Waals surface area contributed by atoms with E-state index in [2.05, 4.69) is 52.7 Å². The van der Waals surface area contributed by atoms with E-state index in [1.54, 1.807) is 0 Å². The molecule has 0 saturated carbocycles. The van der Waals surface area contributed by atoms with Gasteiger partial charge in [-0.15, -0.1) is 0 Å². The standard InChI is InChI=1S/C25H29ClN2O/c26-21-8-9-22-20(15-21)7-4-12-25(22)17-27-16-23(25)24(29)28-13-10-19(11-14-28)18-5-2-1-3-6-18/h1-3,5-6,8-9,15,19,23,27H,4,7,10-14,16-17H2/t23-,25-/m0/s1. The number of rotatable bonds is 2. The quantitative estimate of drug-likeness (QED) is 0.791. The number of carbonyl (C=O) groups is 1. The Balaban J connectivity index is 1.35. The van der Waals surface area contributed by atoms with Gasteiger partial charge in [0.15, 0.2) is 0 Å². The molecule has 2 aromatic rings. The van der Waals surface area contributed by atoms with E-state index in [0.717, 1.165) is 63.3 Å². The largest absolute Gasteiger partial charge is 0.342 e. The molecule has 29 heavy (non-hydrogen) atoms. The molecule has 0 aromatic heterocycles. The second kappa shape index (κ2) is 7.77. The molecule has 2 fully saturated rings. The Morgan fingerprint density at radius 1 is 1.10 bits per heavy atom. The molecule has 0 unspecified atom stereocenters. The van der Waals surface area contributed by atoms with Gasteiger partial charge in [0.25, 0.3) is 0 Å². The van der Waals surface area contributed by atoms with Crippen molar-refractivity contribution in [1.82, 2.24) is 10.2 Å². The number of fused-ring (bicyclic) bond motifs is 2. The topological polar surface area (TPSA) is 32.3 Å². The predicted octanol–water partition coefficient (Wildman–Crippen LogP) is 4.54. The molecule has 1 aliphatic carbocycles. The summed E-state index contributed by atoms with van der Waals surface area (Å²) in [5.74, 6) is 0.966. The van der Waals surface area contributed by atoms with E-state index in [-0.39, 0.29) is 11.3 Å². The van der Waals surface area contributed by atoms with E-state index < -0.39 is 0 Å². The maximum absolute atomic E-state index is 13.7. The van der Waals surface area contributed by atoms with Crippen molar-refractivity contribution in [2.24, 2.45) is 5.92 Å². The van der Waals surface area contributed by atoms with Crippen LogP contribution in [0.1, 0.15) is 48.3 Å². The molecule has 1 spiro atoms. The normalized spacial score (nSPS) is 27.2. The monoisotopic (exact) mass is 408 g/mol. The Morgan fingerprint density at radius 3 is 2.69 bits per heavy atom. The maximum atomic E-state index is 13.7. The van der Waals surface area contributed by atoms with Gasteiger partial charge >= 0.3 is 0 Å². The first kappa shape index (κ1) is 19.1. The van der Waals surface area contributed by atoms with E-state index in [4.69, 9.17) is 11.6 Å². The predicted molar refractivity (Wildman–Crippen MR) is 117 cm³/mol. The summed E-state index contributed by atoms with van der Waals surface area (Å²) < 4.78 is 0. The van der Waals surface area contributed by atoms with Crippen molar-refractivity contribution >= 4 is 17.5 Å². The fourth-order valence-electron chi connectivity index (χ4n) is 5.99. The van der Waals surface area contributed by atoms with Crippen LogP contribution in [0.15, 0.2) is 48.5 Å². The molecule has 2 aliphatic heterocycles. The molecule has 1 amide bonds. The van der Waals surface area contributed by atoms with Gasteiger partial charge in [-0.1, -0.05) is 48.0 Å². The molecule has 5 rings (SSSR count). The van der Waals surface area contributed by atoms with Gasteiger partial charge in [-0.2, -0.15) is 0 Å². The number of likely N-dealkylation sites (tertiary alicyclic amines) is 1. The van der Waals surface area contributed by atoms with Gasteiger partial charge in [0.2, 0.25) is 5.91 Å². The highest BCUT2D eigenvalue weighted by Gasteiger charge is 2.51. The Bertz CT molecular complexity index is 891. The number of piperidine rings is 1. The van der Waals surface area contributed by atoms with Crippen LogP contribution in [0.25, 0.3) is 0 Å². The summed E-state index contributed by atoms with van der Waals surface area (Å²) in [6, 6.07) is 17.1. The molecule has 3 aliphatic rings. The molecule has 2 heterocycles. The summed E-state index contributed by atoms with van der Waals surface area (Å²) in [6.45, 7) is 3.44. The Hall–Kier alpha value is -1.84. The second-order valence-corrected chi connectivity index (χ2v) is 9.44. The molecule has 3 nitrogen and oxygen atoms in total. The van der Waals surface area contributed by atoms with E-state index in [1.807, 2.05) is 6.07 Å². The number of amides is 1. The van der Waals surface area contributed by atoms with Crippen molar-refractivity contribution in [2.45, 2.75) is 43.4 Å². The first-order valence-electron chi connectivity index (χ1n) is 11.0. The van der Waals surface area contributed by atoms with Gasteiger partial charge in [0.1, 0.15) is 0 Å². The van der Waals surface area contributed by atoms with Gasteiger partial charge < -0.3 is 10.2 Å². The smallest absolute Gasteiger partial charge is 0.227 e. The molecule has 0 radical (unpaired) electrons. The van der Waals surface area contributed by atoms with Crippen LogP contribution >= 0.6 is 11.6 Å². The summed E-state index contributed by atoms with van der Waals surface area (Å²) in [4.78, 5) is 15.8. The third kappa shape index (κ3) is 3.39. The average Bonchev–Trinajstić information content (AvgIpc) is 3.18. The lowest BCUT2D eigenvalue weighted by molar-refractivity contribution is -0.138. The first-order chi connectivity index (χ1) is 14.2. The van der Waals surface area contributed by atoms with Crippen LogP contribution < -0.4 is 5.32 Å². The first-order valence-corrected chi connectivity index (χ1v) is 11.4. The summed E-state index contributed by atoms with van der Waals surface area (Å²) in [6.07, 6.45) is 5.42. The van der Waals surface area contributed by atoms with Crippen molar-refractivity contribution in [2.75, 3.05) is 26.2 Å². The molecule has 152 valence electrons. The second-order valence-electron chi connectivity index (χ2n) is 9.00. The molecule has 2 saturated heterocycles. The summed E-state index contributed by atoms with van der Waals surface area (Å²) in [7, 11) is 0. The van der Waals surface area contributed by atoms with Crippen LogP contribution in [0.4, 0.5) is 0 Å². The number of halogens is 1. The third-order valence-corrected chi connectivity index (χ3v) is 7.74. The fraction of sp³-hybridized carbons (Fsp3) is 0.480. The van der Waals surface area contributed by atoms with E-state index in [9.17, 15) is 4.79 Å². The Kier molecular flexibility index (Phi) is 5.13. The number of carbonyl (C=O) groups excluding carboxylic acids is 1. The molecular weight excluding hydrogens is 380 g/mol. The average molecular weight is 409 g/mol. The van der Waals surface area contributed by atoms with Crippen LogP contribution in [0.5, 0.6) is 0 Å². The lowest BCUT2D eigenvalue weighted by atomic mass is 9.64. The highest BCUT2D eigenvalue weighted by atomic mass is 35.5. The minimum absolute atomic E-state index is 0.0380.